The topological polar surface area (TPSA) is 68.9 Å². The molecule has 1 amide bonds. The predicted octanol–water partition coefficient (Wildman–Crippen LogP) is 3.60. The third kappa shape index (κ3) is 3.28. The lowest BCUT2D eigenvalue weighted by Crippen LogP contribution is -2.43. The Labute approximate surface area is 167 Å². The SMILES string of the molecule is C=CCn1c2cc(C)sc2c2cnn(CC(=O)N[C@H]3CCCC[C@@H]3C)c(=O)c21. The third-order valence-corrected chi connectivity index (χ3v) is 6.80. The average molecular weight is 399 g/mol. The molecule has 0 bridgehead atoms. The van der Waals surface area contributed by atoms with E-state index >= 15 is 0 Å². The normalized spacial score (nSPS) is 19.9. The number of hydrogen-bond acceptors (Lipinski definition) is 4. The number of carbonyl (C=O) groups is 1. The maximum Gasteiger partial charge on any atom is 0.291 e. The molecule has 1 aliphatic rings. The van der Waals surface area contributed by atoms with Crippen molar-refractivity contribution in [1.29, 1.82) is 0 Å². The van der Waals surface area contributed by atoms with Crippen LogP contribution in [0.1, 0.15) is 37.5 Å². The summed E-state index contributed by atoms with van der Waals surface area (Å²) in [5.74, 6) is 0.330. The first-order valence-electron chi connectivity index (χ1n) is 9.88. The molecule has 1 fully saturated rings. The van der Waals surface area contributed by atoms with E-state index in [0.29, 0.717) is 18.0 Å². The van der Waals surface area contributed by atoms with E-state index in [1.54, 1.807) is 23.6 Å². The highest BCUT2D eigenvalue weighted by Gasteiger charge is 2.24. The molecule has 4 rings (SSSR count). The Balaban J connectivity index is 1.67. The second kappa shape index (κ2) is 7.54. The minimum absolute atomic E-state index is 0.0516. The molecule has 7 heteroatoms. The average Bonchev–Trinajstić information content (AvgIpc) is 3.16. The van der Waals surface area contributed by atoms with Crippen LogP contribution >= 0.6 is 11.3 Å². The summed E-state index contributed by atoms with van der Waals surface area (Å²) in [6.45, 7) is 8.55. The quantitative estimate of drug-likeness (QED) is 0.668. The number of aryl methyl sites for hydroxylation is 1. The summed E-state index contributed by atoms with van der Waals surface area (Å²) in [6, 6.07) is 2.28. The number of nitrogens with zero attached hydrogens (tertiary/aromatic N) is 3. The predicted molar refractivity (Wildman–Crippen MR) is 114 cm³/mol. The fourth-order valence-electron chi connectivity index (χ4n) is 4.27. The first-order valence-corrected chi connectivity index (χ1v) is 10.7. The Bertz CT molecular complexity index is 1110. The number of fused-ring (bicyclic) bond motifs is 3. The zero-order chi connectivity index (χ0) is 19.8. The van der Waals surface area contributed by atoms with Crippen molar-refractivity contribution >= 4 is 38.4 Å². The number of thiophene rings is 1. The van der Waals surface area contributed by atoms with Crippen LogP contribution in [0.2, 0.25) is 0 Å². The molecule has 1 N–H and O–H groups in total. The van der Waals surface area contributed by atoms with Gasteiger partial charge in [-0.2, -0.15) is 5.10 Å². The largest absolute Gasteiger partial charge is 0.351 e. The van der Waals surface area contributed by atoms with E-state index in [1.807, 2.05) is 4.57 Å². The first-order chi connectivity index (χ1) is 13.5. The summed E-state index contributed by atoms with van der Waals surface area (Å²) in [5.41, 5.74) is 1.39. The van der Waals surface area contributed by atoms with Crippen molar-refractivity contribution in [3.63, 3.8) is 0 Å². The van der Waals surface area contributed by atoms with Gasteiger partial charge in [0.1, 0.15) is 12.1 Å². The van der Waals surface area contributed by atoms with Crippen molar-refractivity contribution in [3.05, 3.63) is 40.1 Å². The summed E-state index contributed by atoms with van der Waals surface area (Å²) < 4.78 is 4.32. The second-order valence-corrected chi connectivity index (χ2v) is 9.03. The Morgan fingerprint density at radius 2 is 2.21 bits per heavy atom. The fraction of sp³-hybridized carbons (Fsp3) is 0.476. The van der Waals surface area contributed by atoms with Gasteiger partial charge >= 0.3 is 0 Å². The van der Waals surface area contributed by atoms with Crippen molar-refractivity contribution in [2.45, 2.75) is 58.7 Å². The number of hydrogen-bond donors (Lipinski definition) is 1. The van der Waals surface area contributed by atoms with Gasteiger partial charge in [0.05, 0.1) is 16.4 Å². The molecule has 0 saturated heterocycles. The van der Waals surface area contributed by atoms with Gasteiger partial charge in [0.2, 0.25) is 5.91 Å². The molecule has 0 spiro atoms. The smallest absolute Gasteiger partial charge is 0.291 e. The van der Waals surface area contributed by atoms with E-state index < -0.39 is 0 Å². The Hall–Kier alpha value is -2.41. The standard InChI is InChI=1S/C21H26N4O2S/c1-4-9-24-17-10-14(3)28-20(17)15-11-22-25(21(27)19(15)24)12-18(26)23-16-8-6-5-7-13(16)2/h4,10-11,13,16H,1,5-9,12H2,2-3H3,(H,23,26)/t13-,16-/m0/s1. The zero-order valence-corrected chi connectivity index (χ0v) is 17.2. The van der Waals surface area contributed by atoms with Crippen molar-refractivity contribution in [2.24, 2.45) is 5.92 Å². The van der Waals surface area contributed by atoms with Gasteiger partial charge in [-0.3, -0.25) is 9.59 Å². The lowest BCUT2D eigenvalue weighted by atomic mass is 9.86. The number of amides is 1. The molecule has 6 nitrogen and oxygen atoms in total. The lowest BCUT2D eigenvalue weighted by Gasteiger charge is -2.29. The molecule has 0 aromatic carbocycles. The van der Waals surface area contributed by atoms with Crippen LogP contribution in [-0.4, -0.2) is 26.3 Å². The van der Waals surface area contributed by atoms with Crippen LogP contribution in [0, 0.1) is 12.8 Å². The van der Waals surface area contributed by atoms with Crippen LogP contribution in [0.5, 0.6) is 0 Å². The molecule has 1 saturated carbocycles. The molecule has 0 unspecified atom stereocenters. The number of aromatic nitrogens is 3. The van der Waals surface area contributed by atoms with Gasteiger partial charge in [0.25, 0.3) is 5.56 Å². The minimum atomic E-state index is -0.229. The first kappa shape index (κ1) is 18.9. The Morgan fingerprint density at radius 3 is 2.96 bits per heavy atom. The molecule has 1 aliphatic carbocycles. The van der Waals surface area contributed by atoms with E-state index in [9.17, 15) is 9.59 Å². The van der Waals surface area contributed by atoms with Gasteiger partial charge in [-0.1, -0.05) is 25.8 Å². The van der Waals surface area contributed by atoms with Gasteiger partial charge < -0.3 is 9.88 Å². The molecular formula is C21H26N4O2S. The van der Waals surface area contributed by atoms with E-state index in [2.05, 4.69) is 36.9 Å². The zero-order valence-electron chi connectivity index (χ0n) is 16.4. The van der Waals surface area contributed by atoms with Gasteiger partial charge in [-0.15, -0.1) is 17.9 Å². The highest BCUT2D eigenvalue weighted by molar-refractivity contribution is 7.20. The van der Waals surface area contributed by atoms with Crippen LogP contribution in [0.15, 0.2) is 29.7 Å². The maximum atomic E-state index is 13.1. The number of allylic oxidation sites excluding steroid dienone is 1. The molecule has 3 aromatic rings. The van der Waals surface area contributed by atoms with Gasteiger partial charge in [-0.25, -0.2) is 4.68 Å². The lowest BCUT2D eigenvalue weighted by molar-refractivity contribution is -0.123. The monoisotopic (exact) mass is 398 g/mol. The summed E-state index contributed by atoms with van der Waals surface area (Å²) >= 11 is 1.66. The molecule has 3 heterocycles. The third-order valence-electron chi connectivity index (χ3n) is 5.72. The molecule has 28 heavy (non-hydrogen) atoms. The van der Waals surface area contributed by atoms with Crippen LogP contribution in [-0.2, 0) is 17.9 Å². The van der Waals surface area contributed by atoms with Gasteiger partial charge in [-0.05, 0) is 31.7 Å². The van der Waals surface area contributed by atoms with Crippen molar-refractivity contribution in [2.75, 3.05) is 0 Å². The molecule has 3 aromatic heterocycles. The van der Waals surface area contributed by atoms with Crippen LogP contribution in [0.25, 0.3) is 21.1 Å². The summed E-state index contributed by atoms with van der Waals surface area (Å²) in [7, 11) is 0. The summed E-state index contributed by atoms with van der Waals surface area (Å²) in [6.07, 6.45) is 8.01. The van der Waals surface area contributed by atoms with Crippen LogP contribution in [0.3, 0.4) is 0 Å². The minimum Gasteiger partial charge on any atom is -0.351 e. The summed E-state index contributed by atoms with van der Waals surface area (Å²) in [4.78, 5) is 26.9. The molecule has 0 aliphatic heterocycles. The van der Waals surface area contributed by atoms with E-state index in [4.69, 9.17) is 0 Å². The highest BCUT2D eigenvalue weighted by Crippen LogP contribution is 2.33. The molecule has 148 valence electrons. The van der Waals surface area contributed by atoms with E-state index in [1.165, 1.54) is 16.0 Å². The number of nitrogens with one attached hydrogen (secondary N) is 1. The number of carbonyl (C=O) groups excluding carboxylic acids is 1. The Morgan fingerprint density at radius 1 is 1.43 bits per heavy atom. The van der Waals surface area contributed by atoms with Gasteiger partial charge in [0.15, 0.2) is 0 Å². The second-order valence-electron chi connectivity index (χ2n) is 7.78. The summed E-state index contributed by atoms with van der Waals surface area (Å²) in [5, 5.41) is 8.25. The molecule has 0 radical (unpaired) electrons. The van der Waals surface area contributed by atoms with Crippen LogP contribution in [0.4, 0.5) is 0 Å². The molecule has 2 atom stereocenters. The van der Waals surface area contributed by atoms with Crippen LogP contribution < -0.4 is 10.9 Å². The maximum absolute atomic E-state index is 13.1. The van der Waals surface area contributed by atoms with Crippen molar-refractivity contribution in [1.82, 2.24) is 19.7 Å². The van der Waals surface area contributed by atoms with E-state index in [0.717, 1.165) is 34.9 Å². The van der Waals surface area contributed by atoms with E-state index in [-0.39, 0.29) is 24.1 Å². The Kier molecular flexibility index (Phi) is 5.10. The van der Waals surface area contributed by atoms with Crippen molar-refractivity contribution < 1.29 is 4.79 Å². The number of rotatable bonds is 5. The van der Waals surface area contributed by atoms with Crippen molar-refractivity contribution in [3.8, 4) is 0 Å². The fourth-order valence-corrected chi connectivity index (χ4v) is 5.30. The highest BCUT2D eigenvalue weighted by atomic mass is 32.1. The van der Waals surface area contributed by atoms with Gasteiger partial charge in [0, 0.05) is 22.8 Å². The molecular weight excluding hydrogens is 372 g/mol.